The number of nitrogens with one attached hydrogen (secondary N) is 1. The zero-order chi connectivity index (χ0) is 37.7. The van der Waals surface area contributed by atoms with Gasteiger partial charge in [0.25, 0.3) is 0 Å². The van der Waals surface area contributed by atoms with Crippen molar-refractivity contribution < 1.29 is 33.5 Å². The van der Waals surface area contributed by atoms with Gasteiger partial charge in [0.05, 0.1) is 37.9 Å². The fraction of sp³-hybridized carbons (Fsp3) is 0.976. The van der Waals surface area contributed by atoms with Crippen molar-refractivity contribution in [2.75, 3.05) is 19.8 Å². The highest BCUT2D eigenvalue weighted by atomic mass is 31.2. The van der Waals surface area contributed by atoms with Crippen LogP contribution >= 0.6 is 7.82 Å². The van der Waals surface area contributed by atoms with E-state index in [1.807, 2.05) is 0 Å². The molecular weight excluding hydrogens is 663 g/mol. The molecule has 0 saturated carbocycles. The van der Waals surface area contributed by atoms with E-state index < -0.39 is 32.0 Å². The molecule has 1 amide bonds. The Morgan fingerprint density at radius 1 is 0.588 bits per heavy atom. The zero-order valence-corrected chi connectivity index (χ0v) is 34.4. The van der Waals surface area contributed by atoms with Crippen molar-refractivity contribution in [3.8, 4) is 0 Å². The van der Waals surface area contributed by atoms with Gasteiger partial charge in [-0.2, -0.15) is 0 Å². The molecule has 0 rings (SSSR count). The smallest absolute Gasteiger partial charge is 0.393 e. The molecule has 0 aromatic rings. The van der Waals surface area contributed by atoms with E-state index in [1.54, 1.807) is 0 Å². The molecule has 0 radical (unpaired) electrons. The maximum atomic E-state index is 12.8. The summed E-state index contributed by atoms with van der Waals surface area (Å²) in [4.78, 5) is 22.7. The van der Waals surface area contributed by atoms with Gasteiger partial charge in [0, 0.05) is 6.54 Å². The van der Waals surface area contributed by atoms with E-state index in [9.17, 15) is 24.5 Å². The number of unbranched alkanes of at least 4 members (excludes halogenated alkanes) is 27. The van der Waals surface area contributed by atoms with Gasteiger partial charge in [-0.1, -0.05) is 200 Å². The second kappa shape index (κ2) is 37.8. The number of carbonyl (C=O) groups is 1. The minimum absolute atomic E-state index is 0.0626. The van der Waals surface area contributed by atoms with Crippen LogP contribution in [0.2, 0.25) is 0 Å². The van der Waals surface area contributed by atoms with Crippen molar-refractivity contribution in [1.82, 2.24) is 5.32 Å². The van der Waals surface area contributed by atoms with Crippen LogP contribution in [0.5, 0.6) is 0 Å². The Morgan fingerprint density at radius 2 is 0.941 bits per heavy atom. The molecular formula is C41H85N2O7P. The lowest BCUT2D eigenvalue weighted by Crippen LogP contribution is -2.47. The summed E-state index contributed by atoms with van der Waals surface area (Å²) in [6, 6.07) is -0.889. The summed E-state index contributed by atoms with van der Waals surface area (Å²) in [6.07, 6.45) is 35.7. The third-order valence-corrected chi connectivity index (χ3v) is 11.0. The molecule has 306 valence electrons. The first-order valence-corrected chi connectivity index (χ1v) is 23.2. The van der Waals surface area contributed by atoms with Crippen molar-refractivity contribution in [3.05, 3.63) is 0 Å². The second-order valence-electron chi connectivity index (χ2n) is 15.1. The van der Waals surface area contributed by atoms with Gasteiger partial charge in [-0.15, -0.1) is 0 Å². The monoisotopic (exact) mass is 749 g/mol. The van der Waals surface area contributed by atoms with E-state index in [2.05, 4.69) is 19.2 Å². The summed E-state index contributed by atoms with van der Waals surface area (Å²) in [5, 5.41) is 24.2. The van der Waals surface area contributed by atoms with Gasteiger partial charge < -0.3 is 26.2 Å². The molecule has 4 atom stereocenters. The highest BCUT2D eigenvalue weighted by molar-refractivity contribution is 7.47. The molecule has 4 unspecified atom stereocenters. The Labute approximate surface area is 315 Å². The maximum Gasteiger partial charge on any atom is 0.472 e. The van der Waals surface area contributed by atoms with Gasteiger partial charge >= 0.3 is 7.82 Å². The predicted molar refractivity (Wildman–Crippen MR) is 214 cm³/mol. The third-order valence-electron chi connectivity index (χ3n) is 10.0. The van der Waals surface area contributed by atoms with Gasteiger partial charge in [-0.05, 0) is 12.8 Å². The van der Waals surface area contributed by atoms with Gasteiger partial charge in [0.15, 0.2) is 0 Å². The summed E-state index contributed by atoms with van der Waals surface area (Å²) in [6.45, 7) is 4.06. The number of hydrogen-bond acceptors (Lipinski definition) is 7. The minimum Gasteiger partial charge on any atom is -0.393 e. The highest BCUT2D eigenvalue weighted by Crippen LogP contribution is 2.43. The first-order chi connectivity index (χ1) is 24.8. The summed E-state index contributed by atoms with van der Waals surface area (Å²) in [5.74, 6) is -0.410. The summed E-state index contributed by atoms with van der Waals surface area (Å²) in [5.41, 5.74) is 5.37. The van der Waals surface area contributed by atoms with Gasteiger partial charge in [-0.25, -0.2) is 4.57 Å². The van der Waals surface area contributed by atoms with Crippen LogP contribution in [-0.4, -0.2) is 59.0 Å². The Kier molecular flexibility index (Phi) is 37.4. The molecule has 9 nitrogen and oxygen atoms in total. The first kappa shape index (κ1) is 50.5. The van der Waals surface area contributed by atoms with E-state index in [0.29, 0.717) is 12.8 Å². The lowest BCUT2D eigenvalue weighted by molar-refractivity contribution is -0.125. The number of phosphoric ester groups is 1. The first-order valence-electron chi connectivity index (χ1n) is 21.7. The Balaban J connectivity index is 4.25. The van der Waals surface area contributed by atoms with Crippen LogP contribution in [0, 0.1) is 0 Å². The van der Waals surface area contributed by atoms with Crippen LogP contribution in [-0.2, 0) is 18.4 Å². The highest BCUT2D eigenvalue weighted by Gasteiger charge is 2.28. The number of carbonyl (C=O) groups excluding carboxylic acids is 1. The molecule has 0 spiro atoms. The van der Waals surface area contributed by atoms with Crippen LogP contribution in [0.25, 0.3) is 0 Å². The van der Waals surface area contributed by atoms with E-state index in [0.717, 1.165) is 38.5 Å². The van der Waals surface area contributed by atoms with E-state index in [-0.39, 0.29) is 26.2 Å². The quantitative estimate of drug-likeness (QED) is 0.0306. The molecule has 0 aliphatic rings. The average Bonchev–Trinajstić information content (AvgIpc) is 3.10. The number of nitrogens with two attached hydrogens (primary N) is 1. The summed E-state index contributed by atoms with van der Waals surface area (Å²) in [7, 11) is -4.37. The number of rotatable bonds is 41. The van der Waals surface area contributed by atoms with Gasteiger partial charge in [0.1, 0.15) is 0 Å². The molecule has 0 heterocycles. The number of amides is 1. The van der Waals surface area contributed by atoms with E-state index >= 15 is 0 Å². The molecule has 10 heteroatoms. The van der Waals surface area contributed by atoms with Crippen molar-refractivity contribution in [2.24, 2.45) is 5.73 Å². The Morgan fingerprint density at radius 3 is 1.31 bits per heavy atom. The van der Waals surface area contributed by atoms with Crippen molar-refractivity contribution in [3.63, 3.8) is 0 Å². The van der Waals surface area contributed by atoms with Crippen molar-refractivity contribution in [1.29, 1.82) is 0 Å². The largest absolute Gasteiger partial charge is 0.472 e. The van der Waals surface area contributed by atoms with E-state index in [1.165, 1.54) is 148 Å². The maximum absolute atomic E-state index is 12.8. The van der Waals surface area contributed by atoms with Crippen molar-refractivity contribution >= 4 is 13.7 Å². The zero-order valence-electron chi connectivity index (χ0n) is 33.5. The van der Waals surface area contributed by atoms with Crippen LogP contribution < -0.4 is 11.1 Å². The SMILES string of the molecule is CCCCCCCCCCCCCCCCCCCC(O)C(COP(=O)(O)OCCN)NC(=O)CC(O)CCCCCCCCCCCCCC. The van der Waals surface area contributed by atoms with Crippen molar-refractivity contribution in [2.45, 2.75) is 238 Å². The molecule has 0 fully saturated rings. The molecule has 0 aliphatic carbocycles. The molecule has 6 N–H and O–H groups in total. The molecule has 51 heavy (non-hydrogen) atoms. The second-order valence-corrected chi connectivity index (χ2v) is 16.6. The number of hydrogen-bond donors (Lipinski definition) is 5. The van der Waals surface area contributed by atoms with E-state index in [4.69, 9.17) is 14.8 Å². The third kappa shape index (κ3) is 36.2. The number of aliphatic hydroxyl groups excluding tert-OH is 2. The Bertz CT molecular complexity index is 791. The Hall–Kier alpha value is -0.540. The number of aliphatic hydroxyl groups is 2. The summed E-state index contributed by atoms with van der Waals surface area (Å²) < 4.78 is 22.1. The lowest BCUT2D eigenvalue weighted by atomic mass is 10.0. The van der Waals surface area contributed by atoms with Gasteiger partial charge in [-0.3, -0.25) is 13.8 Å². The molecule has 0 aromatic heterocycles. The van der Waals surface area contributed by atoms with Crippen LogP contribution in [0.3, 0.4) is 0 Å². The fourth-order valence-corrected chi connectivity index (χ4v) is 7.47. The molecule has 0 saturated heterocycles. The standard InChI is InChI=1S/C41H85N2O7P/c1-3-5-7-9-11-13-15-17-18-19-20-21-23-25-27-29-31-33-40(45)39(37-50-51(47,48)49-35-34-42)43-41(46)36-38(44)32-30-28-26-24-22-16-14-12-10-8-6-4-2/h38-40,44-45H,3-37,42H2,1-2H3,(H,43,46)(H,47,48). The molecule has 0 aliphatic heterocycles. The van der Waals surface area contributed by atoms with Crippen LogP contribution in [0.15, 0.2) is 0 Å². The minimum atomic E-state index is -4.37. The van der Waals surface area contributed by atoms with Crippen LogP contribution in [0.1, 0.15) is 219 Å². The van der Waals surface area contributed by atoms with Gasteiger partial charge in [0.2, 0.25) is 5.91 Å². The normalized spacial score (nSPS) is 14.7. The fourth-order valence-electron chi connectivity index (χ4n) is 6.71. The number of phosphoric acid groups is 1. The average molecular weight is 749 g/mol. The van der Waals surface area contributed by atoms with Crippen LogP contribution in [0.4, 0.5) is 0 Å². The predicted octanol–water partition coefficient (Wildman–Crippen LogP) is 10.8. The lowest BCUT2D eigenvalue weighted by Gasteiger charge is -2.25. The topological polar surface area (TPSA) is 151 Å². The molecule has 0 bridgehead atoms. The molecule has 0 aromatic carbocycles. The summed E-state index contributed by atoms with van der Waals surface area (Å²) >= 11 is 0.